The Kier molecular flexibility index (Phi) is 4.80. The second-order valence-corrected chi connectivity index (χ2v) is 7.63. The van der Waals surface area contributed by atoms with Crippen molar-refractivity contribution in [2.45, 2.75) is 6.92 Å². The van der Waals surface area contributed by atoms with Gasteiger partial charge in [-0.1, -0.05) is 11.6 Å². The average molecular weight is 398 g/mol. The van der Waals surface area contributed by atoms with E-state index in [1.165, 1.54) is 11.3 Å². The first-order chi connectivity index (χ1) is 11.8. The monoisotopic (exact) mass is 397 g/mol. The minimum atomic E-state index is -0.758. The second-order valence-electron chi connectivity index (χ2n) is 4.91. The van der Waals surface area contributed by atoms with E-state index in [9.17, 15) is 19.3 Å². The summed E-state index contributed by atoms with van der Waals surface area (Å²) in [5.74, 6) is -1.34. The van der Waals surface area contributed by atoms with Gasteiger partial charge in [-0.15, -0.1) is 22.7 Å². The molecule has 0 saturated heterocycles. The van der Waals surface area contributed by atoms with Crippen LogP contribution >= 0.6 is 34.3 Å². The Bertz CT molecular complexity index is 986. The number of thiophene rings is 1. The molecule has 2 heterocycles. The Morgan fingerprint density at radius 3 is 2.72 bits per heavy atom. The molecule has 0 bridgehead atoms. The topological polar surface area (TPSA) is 85.1 Å². The third-order valence-electron chi connectivity index (χ3n) is 3.20. The van der Waals surface area contributed by atoms with Crippen LogP contribution in [0.3, 0.4) is 0 Å². The fourth-order valence-electron chi connectivity index (χ4n) is 2.04. The number of thiazole rings is 1. The summed E-state index contributed by atoms with van der Waals surface area (Å²) in [5.41, 5.74) is -0.0905. The number of amides is 1. The molecule has 0 aliphatic rings. The highest BCUT2D eigenvalue weighted by Crippen LogP contribution is 2.35. The van der Waals surface area contributed by atoms with E-state index in [0.717, 1.165) is 34.4 Å². The maximum absolute atomic E-state index is 13.8. The summed E-state index contributed by atoms with van der Waals surface area (Å²) < 4.78 is 14.4. The summed E-state index contributed by atoms with van der Waals surface area (Å²) in [6, 6.07) is 6.47. The van der Waals surface area contributed by atoms with Crippen LogP contribution in [0.25, 0.3) is 9.88 Å². The van der Waals surface area contributed by atoms with Crippen molar-refractivity contribution in [2.24, 2.45) is 0 Å². The fraction of sp³-hybridized carbons (Fsp3) is 0.0667. The number of nitro benzene ring substituents is 1. The summed E-state index contributed by atoms with van der Waals surface area (Å²) in [7, 11) is 0. The standard InChI is InChI=1S/C15H9ClFN3O3S2/c1-7-13(25-15(18-7)11-4-5-12(16)24-11)14(21)19-10-6-8(20(22)23)2-3-9(10)17/h2-6H,1H3,(H,19,21). The van der Waals surface area contributed by atoms with Crippen LogP contribution in [0.2, 0.25) is 4.34 Å². The van der Waals surface area contributed by atoms with Crippen molar-refractivity contribution in [3.8, 4) is 9.88 Å². The SMILES string of the molecule is Cc1nc(-c2ccc(Cl)s2)sc1C(=O)Nc1cc([N+](=O)[O-])ccc1F. The van der Waals surface area contributed by atoms with Crippen molar-refractivity contribution in [1.82, 2.24) is 4.98 Å². The molecule has 1 aromatic carbocycles. The van der Waals surface area contributed by atoms with E-state index in [2.05, 4.69) is 10.3 Å². The molecular formula is C15H9ClFN3O3S2. The number of nitrogens with one attached hydrogen (secondary N) is 1. The maximum atomic E-state index is 13.8. The summed E-state index contributed by atoms with van der Waals surface area (Å²) in [6.45, 7) is 1.66. The number of aryl methyl sites for hydroxylation is 1. The van der Waals surface area contributed by atoms with Crippen LogP contribution in [0.4, 0.5) is 15.8 Å². The molecule has 0 atom stereocenters. The lowest BCUT2D eigenvalue weighted by atomic mass is 10.2. The molecule has 0 saturated carbocycles. The lowest BCUT2D eigenvalue weighted by molar-refractivity contribution is -0.384. The number of nitro groups is 1. The summed E-state index contributed by atoms with van der Waals surface area (Å²) in [6.07, 6.45) is 0. The number of aromatic nitrogens is 1. The van der Waals surface area contributed by atoms with Gasteiger partial charge >= 0.3 is 0 Å². The molecule has 25 heavy (non-hydrogen) atoms. The van der Waals surface area contributed by atoms with Gasteiger partial charge in [-0.05, 0) is 25.1 Å². The lowest BCUT2D eigenvalue weighted by Gasteiger charge is -2.05. The van der Waals surface area contributed by atoms with Crippen molar-refractivity contribution in [1.29, 1.82) is 0 Å². The van der Waals surface area contributed by atoms with E-state index >= 15 is 0 Å². The highest BCUT2D eigenvalue weighted by atomic mass is 35.5. The van der Waals surface area contributed by atoms with E-state index in [1.54, 1.807) is 19.1 Å². The van der Waals surface area contributed by atoms with E-state index in [0.29, 0.717) is 19.9 Å². The molecule has 6 nitrogen and oxygen atoms in total. The van der Waals surface area contributed by atoms with Gasteiger partial charge in [0.15, 0.2) is 0 Å². The number of hydrogen-bond acceptors (Lipinski definition) is 6. The van der Waals surface area contributed by atoms with Crippen LogP contribution in [-0.4, -0.2) is 15.8 Å². The predicted molar refractivity (Wildman–Crippen MR) is 96.2 cm³/mol. The molecule has 3 aromatic rings. The fourth-order valence-corrected chi connectivity index (χ4v) is 4.10. The van der Waals surface area contributed by atoms with E-state index < -0.39 is 16.6 Å². The Labute approximate surface area is 154 Å². The molecule has 0 radical (unpaired) electrons. The Morgan fingerprint density at radius 2 is 2.08 bits per heavy atom. The normalized spacial score (nSPS) is 10.7. The largest absolute Gasteiger partial charge is 0.318 e. The molecule has 0 spiro atoms. The van der Waals surface area contributed by atoms with Gasteiger partial charge in [-0.2, -0.15) is 0 Å². The molecule has 0 aliphatic heterocycles. The number of anilines is 1. The highest BCUT2D eigenvalue weighted by Gasteiger charge is 2.19. The van der Waals surface area contributed by atoms with Crippen LogP contribution in [0.1, 0.15) is 15.4 Å². The van der Waals surface area contributed by atoms with Crippen molar-refractivity contribution in [3.05, 3.63) is 61.2 Å². The average Bonchev–Trinajstić information content (AvgIpc) is 3.15. The summed E-state index contributed by atoms with van der Waals surface area (Å²) in [4.78, 5) is 28.0. The predicted octanol–water partition coefficient (Wildman–Crippen LogP) is 5.13. The molecule has 1 amide bonds. The molecule has 0 fully saturated rings. The number of rotatable bonds is 4. The number of non-ortho nitro benzene ring substituents is 1. The molecule has 1 N–H and O–H groups in total. The highest BCUT2D eigenvalue weighted by molar-refractivity contribution is 7.24. The molecule has 128 valence electrons. The van der Waals surface area contributed by atoms with Crippen LogP contribution in [0.5, 0.6) is 0 Å². The Morgan fingerprint density at radius 1 is 1.32 bits per heavy atom. The Balaban J connectivity index is 1.88. The first-order valence-corrected chi connectivity index (χ1v) is 8.84. The first kappa shape index (κ1) is 17.5. The minimum Gasteiger partial charge on any atom is -0.318 e. The van der Waals surface area contributed by atoms with Crippen molar-refractivity contribution < 1.29 is 14.1 Å². The maximum Gasteiger partial charge on any atom is 0.271 e. The Hall–Kier alpha value is -2.36. The van der Waals surface area contributed by atoms with Crippen LogP contribution in [-0.2, 0) is 0 Å². The molecule has 3 rings (SSSR count). The molecule has 0 aliphatic carbocycles. The van der Waals surface area contributed by atoms with Crippen molar-refractivity contribution >= 4 is 51.6 Å². The van der Waals surface area contributed by atoms with Crippen molar-refractivity contribution in [3.63, 3.8) is 0 Å². The number of carbonyl (C=O) groups excluding carboxylic acids is 1. The van der Waals surface area contributed by atoms with Crippen LogP contribution in [0, 0.1) is 22.9 Å². The van der Waals surface area contributed by atoms with Gasteiger partial charge in [0.2, 0.25) is 0 Å². The molecule has 0 unspecified atom stereocenters. The third kappa shape index (κ3) is 3.68. The second kappa shape index (κ2) is 6.87. The number of carbonyl (C=O) groups is 1. The summed E-state index contributed by atoms with van der Waals surface area (Å²) >= 11 is 8.38. The van der Waals surface area contributed by atoms with Gasteiger partial charge in [0.25, 0.3) is 11.6 Å². The van der Waals surface area contributed by atoms with Gasteiger partial charge in [0.1, 0.15) is 15.7 Å². The van der Waals surface area contributed by atoms with Crippen LogP contribution in [0.15, 0.2) is 30.3 Å². The zero-order chi connectivity index (χ0) is 18.1. The third-order valence-corrected chi connectivity index (χ3v) is 5.75. The van der Waals surface area contributed by atoms with Gasteiger partial charge in [-0.3, -0.25) is 14.9 Å². The van der Waals surface area contributed by atoms with Gasteiger partial charge < -0.3 is 5.32 Å². The van der Waals surface area contributed by atoms with Crippen molar-refractivity contribution in [2.75, 3.05) is 5.32 Å². The van der Waals surface area contributed by atoms with Gasteiger partial charge in [-0.25, -0.2) is 9.37 Å². The smallest absolute Gasteiger partial charge is 0.271 e. The number of benzene rings is 1. The zero-order valence-corrected chi connectivity index (χ0v) is 15.0. The summed E-state index contributed by atoms with van der Waals surface area (Å²) in [5, 5.41) is 13.8. The van der Waals surface area contributed by atoms with Gasteiger partial charge in [0.05, 0.1) is 25.5 Å². The lowest BCUT2D eigenvalue weighted by Crippen LogP contribution is -2.13. The molecule has 2 aromatic heterocycles. The quantitative estimate of drug-likeness (QED) is 0.488. The molecule has 10 heteroatoms. The zero-order valence-electron chi connectivity index (χ0n) is 12.6. The van der Waals surface area contributed by atoms with E-state index in [-0.39, 0.29) is 11.4 Å². The van der Waals surface area contributed by atoms with Crippen LogP contribution < -0.4 is 5.32 Å². The minimum absolute atomic E-state index is 0.257. The van der Waals surface area contributed by atoms with E-state index in [1.807, 2.05) is 0 Å². The number of hydrogen-bond donors (Lipinski definition) is 1. The van der Waals surface area contributed by atoms with Gasteiger partial charge in [0, 0.05) is 12.1 Å². The van der Waals surface area contributed by atoms with E-state index in [4.69, 9.17) is 11.6 Å². The molecular weight excluding hydrogens is 389 g/mol. The number of nitrogens with zero attached hydrogens (tertiary/aromatic N) is 2. The first-order valence-electron chi connectivity index (χ1n) is 6.83. The number of halogens is 2.